The molecule has 0 saturated carbocycles. The molecule has 0 aliphatic rings. The summed E-state index contributed by atoms with van der Waals surface area (Å²) in [6.07, 6.45) is 1.11. The molecule has 78 valence electrons. The lowest BCUT2D eigenvalue weighted by Gasteiger charge is -2.15. The van der Waals surface area contributed by atoms with Crippen molar-refractivity contribution in [1.82, 2.24) is 5.32 Å². The average molecular weight is 307 g/mol. The van der Waals surface area contributed by atoms with Crippen molar-refractivity contribution in [3.05, 3.63) is 33.1 Å². The molecule has 3 heteroatoms. The molecule has 1 N–H and O–H groups in total. The van der Waals surface area contributed by atoms with Crippen LogP contribution in [0.3, 0.4) is 0 Å². The summed E-state index contributed by atoms with van der Waals surface area (Å²) in [6, 6.07) is 5.23. The molecule has 1 aromatic rings. The van der Waals surface area contributed by atoms with E-state index in [4.69, 9.17) is 0 Å². The van der Waals surface area contributed by atoms with Crippen molar-refractivity contribution >= 4 is 22.6 Å². The van der Waals surface area contributed by atoms with Gasteiger partial charge in [-0.2, -0.15) is 0 Å². The highest BCUT2D eigenvalue weighted by molar-refractivity contribution is 14.1. The summed E-state index contributed by atoms with van der Waals surface area (Å²) in [5, 5.41) is 3.38. The van der Waals surface area contributed by atoms with Crippen LogP contribution in [0.5, 0.6) is 0 Å². The molecule has 0 bridgehead atoms. The molecule has 0 aliphatic carbocycles. The van der Waals surface area contributed by atoms with Crippen LogP contribution in [0.1, 0.15) is 31.9 Å². The molecule has 1 unspecified atom stereocenters. The number of halogens is 2. The summed E-state index contributed by atoms with van der Waals surface area (Å²) in [4.78, 5) is 0. The highest BCUT2D eigenvalue weighted by atomic mass is 127. The summed E-state index contributed by atoms with van der Waals surface area (Å²) in [5.41, 5.74) is 1.17. The Hall–Kier alpha value is -0.160. The van der Waals surface area contributed by atoms with Crippen molar-refractivity contribution in [2.24, 2.45) is 0 Å². The van der Waals surface area contributed by atoms with E-state index in [9.17, 15) is 4.39 Å². The van der Waals surface area contributed by atoms with Crippen LogP contribution in [0.15, 0.2) is 18.2 Å². The Morgan fingerprint density at radius 3 is 2.79 bits per heavy atom. The molecular weight excluding hydrogens is 292 g/mol. The fourth-order valence-electron chi connectivity index (χ4n) is 1.32. The number of hydrogen-bond donors (Lipinski definition) is 1. The number of hydrogen-bond acceptors (Lipinski definition) is 1. The van der Waals surface area contributed by atoms with Crippen molar-refractivity contribution in [3.63, 3.8) is 0 Å². The summed E-state index contributed by atoms with van der Waals surface area (Å²) in [6.45, 7) is 5.23. The van der Waals surface area contributed by atoms with E-state index in [-0.39, 0.29) is 5.82 Å². The highest BCUT2D eigenvalue weighted by Crippen LogP contribution is 2.20. The molecule has 1 aromatic carbocycles. The zero-order valence-corrected chi connectivity index (χ0v) is 10.6. The lowest BCUT2D eigenvalue weighted by atomic mass is 10.1. The monoisotopic (exact) mass is 307 g/mol. The van der Waals surface area contributed by atoms with E-state index < -0.39 is 0 Å². The van der Waals surface area contributed by atoms with Gasteiger partial charge in [-0.25, -0.2) is 4.39 Å². The van der Waals surface area contributed by atoms with Gasteiger partial charge in [-0.1, -0.05) is 13.0 Å². The van der Waals surface area contributed by atoms with Gasteiger partial charge in [-0.05, 0) is 60.2 Å². The Labute approximate surface area is 98.2 Å². The van der Waals surface area contributed by atoms with E-state index >= 15 is 0 Å². The molecular formula is C11H15FIN. The summed E-state index contributed by atoms with van der Waals surface area (Å²) < 4.78 is 13.8. The van der Waals surface area contributed by atoms with Gasteiger partial charge in [0.05, 0.1) is 0 Å². The van der Waals surface area contributed by atoms with Crippen LogP contribution in [-0.2, 0) is 0 Å². The molecule has 0 fully saturated rings. The number of rotatable bonds is 4. The van der Waals surface area contributed by atoms with Crippen molar-refractivity contribution < 1.29 is 4.39 Å². The fraction of sp³-hybridized carbons (Fsp3) is 0.455. The molecule has 0 aromatic heterocycles. The first kappa shape index (κ1) is 11.9. The maximum Gasteiger partial charge on any atom is 0.124 e. The second-order valence-electron chi connectivity index (χ2n) is 3.34. The zero-order valence-electron chi connectivity index (χ0n) is 8.48. The fourth-order valence-corrected chi connectivity index (χ4v) is 2.27. The van der Waals surface area contributed by atoms with E-state index in [1.54, 1.807) is 6.07 Å². The van der Waals surface area contributed by atoms with Gasteiger partial charge in [-0.3, -0.25) is 0 Å². The standard InChI is InChI=1S/C11H15FIN/c1-3-6-14-8(2)10-5-4-9(12)7-11(10)13/h4-5,7-8,14H,3,6H2,1-2H3. The lowest BCUT2D eigenvalue weighted by Crippen LogP contribution is -2.20. The lowest BCUT2D eigenvalue weighted by molar-refractivity contribution is 0.565. The van der Waals surface area contributed by atoms with Crippen LogP contribution in [0.4, 0.5) is 4.39 Å². The Kier molecular flexibility index (Phi) is 4.81. The first-order valence-electron chi connectivity index (χ1n) is 4.83. The number of benzene rings is 1. The van der Waals surface area contributed by atoms with Gasteiger partial charge < -0.3 is 5.32 Å². The van der Waals surface area contributed by atoms with E-state index in [2.05, 4.69) is 41.8 Å². The van der Waals surface area contributed by atoms with Crippen LogP contribution < -0.4 is 5.32 Å². The first-order chi connectivity index (χ1) is 6.65. The minimum atomic E-state index is -0.166. The quantitative estimate of drug-likeness (QED) is 0.840. The molecule has 0 aliphatic heterocycles. The predicted molar refractivity (Wildman–Crippen MR) is 65.8 cm³/mol. The van der Waals surface area contributed by atoms with E-state index in [1.165, 1.54) is 11.6 Å². The summed E-state index contributed by atoms with van der Waals surface area (Å²) >= 11 is 2.17. The van der Waals surface area contributed by atoms with Crippen molar-refractivity contribution in [1.29, 1.82) is 0 Å². The molecule has 14 heavy (non-hydrogen) atoms. The van der Waals surface area contributed by atoms with Crippen LogP contribution in [0.2, 0.25) is 0 Å². The van der Waals surface area contributed by atoms with Gasteiger partial charge in [0, 0.05) is 9.61 Å². The summed E-state index contributed by atoms with van der Waals surface area (Å²) in [7, 11) is 0. The molecule has 0 saturated heterocycles. The third-order valence-electron chi connectivity index (χ3n) is 2.13. The average Bonchev–Trinajstić information content (AvgIpc) is 2.14. The predicted octanol–water partition coefficient (Wildman–Crippen LogP) is 3.49. The molecule has 0 radical (unpaired) electrons. The van der Waals surface area contributed by atoms with Crippen LogP contribution in [0.25, 0.3) is 0 Å². The Morgan fingerprint density at radius 2 is 2.21 bits per heavy atom. The normalized spacial score (nSPS) is 12.9. The Balaban J connectivity index is 2.74. The topological polar surface area (TPSA) is 12.0 Å². The molecule has 1 nitrogen and oxygen atoms in total. The SMILES string of the molecule is CCCNC(C)c1ccc(F)cc1I. The minimum absolute atomic E-state index is 0.166. The molecule has 1 rings (SSSR count). The largest absolute Gasteiger partial charge is 0.310 e. The van der Waals surface area contributed by atoms with Gasteiger partial charge in [0.1, 0.15) is 5.82 Å². The molecule has 1 atom stereocenters. The molecule has 0 heterocycles. The maximum absolute atomic E-state index is 12.8. The third kappa shape index (κ3) is 3.20. The second kappa shape index (κ2) is 5.66. The first-order valence-corrected chi connectivity index (χ1v) is 5.91. The molecule has 0 spiro atoms. The maximum atomic E-state index is 12.8. The van der Waals surface area contributed by atoms with Crippen molar-refractivity contribution in [2.45, 2.75) is 26.3 Å². The van der Waals surface area contributed by atoms with Crippen LogP contribution in [-0.4, -0.2) is 6.54 Å². The molecule has 0 amide bonds. The van der Waals surface area contributed by atoms with Crippen LogP contribution >= 0.6 is 22.6 Å². The smallest absolute Gasteiger partial charge is 0.124 e. The van der Waals surface area contributed by atoms with Gasteiger partial charge in [0.25, 0.3) is 0 Å². The zero-order chi connectivity index (χ0) is 10.6. The Morgan fingerprint density at radius 1 is 1.50 bits per heavy atom. The highest BCUT2D eigenvalue weighted by Gasteiger charge is 2.08. The Bertz CT molecular complexity index is 301. The van der Waals surface area contributed by atoms with Crippen molar-refractivity contribution in [2.75, 3.05) is 6.54 Å². The van der Waals surface area contributed by atoms with Crippen molar-refractivity contribution in [3.8, 4) is 0 Å². The summed E-state index contributed by atoms with van der Waals surface area (Å²) in [5.74, 6) is -0.166. The van der Waals surface area contributed by atoms with Crippen LogP contribution in [0, 0.1) is 9.39 Å². The number of nitrogens with one attached hydrogen (secondary N) is 1. The van der Waals surface area contributed by atoms with Gasteiger partial charge >= 0.3 is 0 Å². The van der Waals surface area contributed by atoms with Gasteiger partial charge in [0.2, 0.25) is 0 Å². The van der Waals surface area contributed by atoms with Gasteiger partial charge in [0.15, 0.2) is 0 Å². The minimum Gasteiger partial charge on any atom is -0.310 e. The van der Waals surface area contributed by atoms with E-state index in [1.807, 2.05) is 6.07 Å². The van der Waals surface area contributed by atoms with E-state index in [0.29, 0.717) is 6.04 Å². The third-order valence-corrected chi connectivity index (χ3v) is 3.06. The second-order valence-corrected chi connectivity index (χ2v) is 4.50. The van der Waals surface area contributed by atoms with E-state index in [0.717, 1.165) is 16.5 Å². The van der Waals surface area contributed by atoms with Gasteiger partial charge in [-0.15, -0.1) is 0 Å².